The van der Waals surface area contributed by atoms with Crippen molar-refractivity contribution in [3.8, 4) is 0 Å². The topological polar surface area (TPSA) is 76.8 Å². The number of nitrogens with one attached hydrogen (secondary N) is 2. The number of piperidine rings is 1. The van der Waals surface area contributed by atoms with Crippen LogP contribution in [-0.2, 0) is 18.4 Å². The monoisotopic (exact) mass is 316 g/mol. The zero-order valence-electron chi connectivity index (χ0n) is 13.9. The minimum atomic E-state index is -0.0563. The fourth-order valence-corrected chi connectivity index (χ4v) is 3.16. The minimum Gasteiger partial charge on any atom is -0.346 e. The van der Waals surface area contributed by atoms with Gasteiger partial charge in [0.1, 0.15) is 0 Å². The van der Waals surface area contributed by atoms with E-state index in [1.165, 1.54) is 0 Å². The number of amides is 1. The van der Waals surface area contributed by atoms with Crippen LogP contribution in [0.2, 0.25) is 0 Å². The molecule has 3 heterocycles. The highest BCUT2D eigenvalue weighted by atomic mass is 16.1. The first-order valence-corrected chi connectivity index (χ1v) is 8.07. The largest absolute Gasteiger partial charge is 0.346 e. The minimum absolute atomic E-state index is 0.0563. The standard InChI is InChI=1S/C16H24N6O/c1-11(2)22-10-17-8-12(22)9-18-13-4-5-15(23)20-16(13)14-6-7-19-21(14)3/h6-8,10-11,13,16,18H,4-5,9H2,1-3H3,(H,20,23)/t13-,16-/m1/s1. The maximum atomic E-state index is 11.8. The number of carbonyl (C=O) groups excluding carboxylic acids is 1. The Balaban J connectivity index is 1.73. The van der Waals surface area contributed by atoms with Crippen LogP contribution in [0, 0.1) is 0 Å². The molecule has 1 fully saturated rings. The molecular formula is C16H24N6O. The highest BCUT2D eigenvalue weighted by Crippen LogP contribution is 2.24. The molecule has 0 aliphatic carbocycles. The van der Waals surface area contributed by atoms with E-state index < -0.39 is 0 Å². The van der Waals surface area contributed by atoms with Gasteiger partial charge in [-0.05, 0) is 26.3 Å². The van der Waals surface area contributed by atoms with Crippen LogP contribution in [0.3, 0.4) is 0 Å². The van der Waals surface area contributed by atoms with Crippen molar-refractivity contribution in [3.05, 3.63) is 36.2 Å². The lowest BCUT2D eigenvalue weighted by Crippen LogP contribution is -2.48. The van der Waals surface area contributed by atoms with Crippen LogP contribution in [0.4, 0.5) is 0 Å². The van der Waals surface area contributed by atoms with Crippen LogP contribution in [0.1, 0.15) is 50.2 Å². The third-order valence-electron chi connectivity index (χ3n) is 4.43. The van der Waals surface area contributed by atoms with Gasteiger partial charge in [-0.3, -0.25) is 9.48 Å². The summed E-state index contributed by atoms with van der Waals surface area (Å²) in [4.78, 5) is 16.1. The molecule has 2 aromatic heterocycles. The number of hydrogen-bond acceptors (Lipinski definition) is 4. The first-order chi connectivity index (χ1) is 11.1. The van der Waals surface area contributed by atoms with Crippen molar-refractivity contribution >= 4 is 5.91 Å². The average Bonchev–Trinajstić information content (AvgIpc) is 3.14. The van der Waals surface area contributed by atoms with Gasteiger partial charge >= 0.3 is 0 Å². The molecule has 0 radical (unpaired) electrons. The Hall–Kier alpha value is -2.15. The second-order valence-corrected chi connectivity index (χ2v) is 6.34. The lowest BCUT2D eigenvalue weighted by atomic mass is 9.95. The van der Waals surface area contributed by atoms with Crippen molar-refractivity contribution in [2.45, 2.75) is 51.4 Å². The van der Waals surface area contributed by atoms with Gasteiger partial charge in [0, 0.05) is 44.5 Å². The van der Waals surface area contributed by atoms with Crippen LogP contribution in [0.5, 0.6) is 0 Å². The number of hydrogen-bond donors (Lipinski definition) is 2. The van der Waals surface area contributed by atoms with E-state index in [4.69, 9.17) is 0 Å². The predicted molar refractivity (Wildman–Crippen MR) is 86.6 cm³/mol. The molecular weight excluding hydrogens is 292 g/mol. The Kier molecular flexibility index (Phi) is 4.47. The third kappa shape index (κ3) is 3.29. The van der Waals surface area contributed by atoms with Crippen LogP contribution in [0.15, 0.2) is 24.8 Å². The molecule has 124 valence electrons. The van der Waals surface area contributed by atoms with Crippen molar-refractivity contribution in [3.63, 3.8) is 0 Å². The van der Waals surface area contributed by atoms with E-state index in [-0.39, 0.29) is 18.0 Å². The van der Waals surface area contributed by atoms with Crippen LogP contribution in [0.25, 0.3) is 0 Å². The molecule has 2 N–H and O–H groups in total. The first-order valence-electron chi connectivity index (χ1n) is 8.07. The lowest BCUT2D eigenvalue weighted by molar-refractivity contribution is -0.124. The molecule has 0 unspecified atom stereocenters. The molecule has 1 aliphatic heterocycles. The summed E-state index contributed by atoms with van der Waals surface area (Å²) in [5, 5.41) is 10.9. The van der Waals surface area contributed by atoms with Gasteiger partial charge in [0.25, 0.3) is 0 Å². The molecule has 1 aliphatic rings. The van der Waals surface area contributed by atoms with Crippen molar-refractivity contribution in [1.29, 1.82) is 0 Å². The number of aryl methyl sites for hydroxylation is 1. The summed E-state index contributed by atoms with van der Waals surface area (Å²) >= 11 is 0. The molecule has 1 saturated heterocycles. The maximum absolute atomic E-state index is 11.8. The van der Waals surface area contributed by atoms with Gasteiger partial charge in [0.05, 0.1) is 23.8 Å². The summed E-state index contributed by atoms with van der Waals surface area (Å²) in [5.74, 6) is 0.0986. The van der Waals surface area contributed by atoms with Gasteiger partial charge < -0.3 is 15.2 Å². The lowest BCUT2D eigenvalue weighted by Gasteiger charge is -2.33. The zero-order chi connectivity index (χ0) is 16.4. The van der Waals surface area contributed by atoms with Gasteiger partial charge in [-0.25, -0.2) is 4.98 Å². The number of carbonyl (C=O) groups is 1. The summed E-state index contributed by atoms with van der Waals surface area (Å²) in [6, 6.07) is 2.47. The quantitative estimate of drug-likeness (QED) is 0.872. The average molecular weight is 316 g/mol. The van der Waals surface area contributed by atoms with Crippen molar-refractivity contribution < 1.29 is 4.79 Å². The van der Waals surface area contributed by atoms with E-state index in [0.717, 1.165) is 24.4 Å². The maximum Gasteiger partial charge on any atom is 0.220 e. The molecule has 23 heavy (non-hydrogen) atoms. The highest BCUT2D eigenvalue weighted by molar-refractivity contribution is 5.77. The van der Waals surface area contributed by atoms with Crippen LogP contribution >= 0.6 is 0 Å². The van der Waals surface area contributed by atoms with Crippen molar-refractivity contribution in [2.24, 2.45) is 7.05 Å². The molecule has 2 aromatic rings. The van der Waals surface area contributed by atoms with E-state index in [0.29, 0.717) is 12.5 Å². The molecule has 3 rings (SSSR count). The van der Waals surface area contributed by atoms with Gasteiger partial charge in [-0.2, -0.15) is 5.10 Å². The Labute approximate surface area is 136 Å². The number of imidazole rings is 1. The molecule has 0 spiro atoms. The Bertz CT molecular complexity index is 674. The molecule has 7 heteroatoms. The summed E-state index contributed by atoms with van der Waals surface area (Å²) in [6.07, 6.45) is 6.89. The molecule has 0 aromatic carbocycles. The molecule has 1 amide bonds. The van der Waals surface area contributed by atoms with E-state index >= 15 is 0 Å². The van der Waals surface area contributed by atoms with Crippen molar-refractivity contribution in [1.82, 2.24) is 30.0 Å². The van der Waals surface area contributed by atoms with Gasteiger partial charge in [-0.1, -0.05) is 0 Å². The summed E-state index contributed by atoms with van der Waals surface area (Å²) in [5.41, 5.74) is 2.17. The smallest absolute Gasteiger partial charge is 0.220 e. The number of aromatic nitrogens is 4. The number of rotatable bonds is 5. The Morgan fingerprint density at radius 1 is 1.48 bits per heavy atom. The fraction of sp³-hybridized carbons (Fsp3) is 0.562. The number of nitrogens with zero attached hydrogens (tertiary/aromatic N) is 4. The SMILES string of the molecule is CC(C)n1cncc1CN[C@@H]1CCC(=O)N[C@H]1c1ccnn1C. The third-order valence-corrected chi connectivity index (χ3v) is 4.43. The predicted octanol–water partition coefficient (Wildman–Crippen LogP) is 1.31. The van der Waals surface area contributed by atoms with Crippen LogP contribution in [-0.4, -0.2) is 31.3 Å². The normalized spacial score (nSPS) is 21.7. The Morgan fingerprint density at radius 2 is 2.30 bits per heavy atom. The second-order valence-electron chi connectivity index (χ2n) is 6.34. The van der Waals surface area contributed by atoms with Crippen LogP contribution < -0.4 is 10.6 Å². The molecule has 2 atom stereocenters. The first kappa shape index (κ1) is 15.7. The van der Waals surface area contributed by atoms with Crippen molar-refractivity contribution in [2.75, 3.05) is 0 Å². The zero-order valence-corrected chi connectivity index (χ0v) is 13.9. The van der Waals surface area contributed by atoms with Gasteiger partial charge in [0.2, 0.25) is 5.91 Å². The molecule has 7 nitrogen and oxygen atoms in total. The van der Waals surface area contributed by atoms with Gasteiger partial charge in [0.15, 0.2) is 0 Å². The highest BCUT2D eigenvalue weighted by Gasteiger charge is 2.31. The van der Waals surface area contributed by atoms with E-state index in [9.17, 15) is 4.79 Å². The fourth-order valence-electron chi connectivity index (χ4n) is 3.16. The van der Waals surface area contributed by atoms with E-state index in [1.54, 1.807) is 6.20 Å². The van der Waals surface area contributed by atoms with Gasteiger partial charge in [-0.15, -0.1) is 0 Å². The molecule has 0 saturated carbocycles. The summed E-state index contributed by atoms with van der Waals surface area (Å²) in [6.45, 7) is 5.02. The molecule has 0 bridgehead atoms. The summed E-state index contributed by atoms with van der Waals surface area (Å²) < 4.78 is 3.98. The summed E-state index contributed by atoms with van der Waals surface area (Å²) in [7, 11) is 1.90. The van der Waals surface area contributed by atoms with E-state index in [2.05, 4.69) is 39.1 Å². The van der Waals surface area contributed by atoms with E-state index in [1.807, 2.05) is 30.3 Å². The second kappa shape index (κ2) is 6.54. The Morgan fingerprint density at radius 3 is 3.00 bits per heavy atom.